The predicted octanol–water partition coefficient (Wildman–Crippen LogP) is 2.06. The van der Waals surface area contributed by atoms with Crippen LogP contribution in [0.15, 0.2) is 36.1 Å². The Balaban J connectivity index is 2.34. The molecule has 0 aliphatic carbocycles. The number of nitrogens with zero attached hydrogens (tertiary/aromatic N) is 1. The molecule has 0 atom stereocenters. The third-order valence-electron chi connectivity index (χ3n) is 2.31. The molecule has 92 valence electrons. The summed E-state index contributed by atoms with van der Waals surface area (Å²) in [4.78, 5) is 21.0. The molecule has 0 amide bonds. The second-order valence-corrected chi connectivity index (χ2v) is 3.49. The van der Waals surface area contributed by atoms with Gasteiger partial charge in [0.1, 0.15) is 5.76 Å². The average molecular weight is 247 g/mol. The van der Waals surface area contributed by atoms with E-state index in [1.807, 2.05) is 0 Å². The van der Waals surface area contributed by atoms with Gasteiger partial charge in [-0.3, -0.25) is 10.1 Å². The Labute approximate surface area is 102 Å². The number of ether oxygens (including phenoxy) is 2. The van der Waals surface area contributed by atoms with E-state index in [0.717, 1.165) is 0 Å². The van der Waals surface area contributed by atoms with Gasteiger partial charge in [-0.2, -0.15) is 0 Å². The first-order valence-corrected chi connectivity index (χ1v) is 5.04. The Morgan fingerprint density at radius 1 is 1.39 bits per heavy atom. The second-order valence-electron chi connectivity index (χ2n) is 3.49. The molecule has 6 heteroatoms. The SMILES string of the molecule is COc1cc(/C=C2/C=CC(=O)O2)ccc1[N+](=O)[O-]. The van der Waals surface area contributed by atoms with Crippen molar-refractivity contribution in [2.45, 2.75) is 0 Å². The number of allylic oxidation sites excluding steroid dienone is 1. The van der Waals surface area contributed by atoms with Gasteiger partial charge in [0.2, 0.25) is 0 Å². The fraction of sp³-hybridized carbons (Fsp3) is 0.0833. The van der Waals surface area contributed by atoms with Gasteiger partial charge in [-0.1, -0.05) is 0 Å². The molecular weight excluding hydrogens is 238 g/mol. The Morgan fingerprint density at radius 3 is 2.72 bits per heavy atom. The van der Waals surface area contributed by atoms with Gasteiger partial charge in [-0.25, -0.2) is 4.79 Å². The molecule has 0 saturated carbocycles. The molecule has 0 N–H and O–H groups in total. The molecule has 0 aromatic heterocycles. The zero-order valence-electron chi connectivity index (χ0n) is 9.45. The second kappa shape index (κ2) is 4.70. The van der Waals surface area contributed by atoms with Gasteiger partial charge in [0.25, 0.3) is 0 Å². The molecule has 1 aliphatic rings. The van der Waals surface area contributed by atoms with Crippen molar-refractivity contribution < 1.29 is 19.2 Å². The largest absolute Gasteiger partial charge is 0.490 e. The Hall–Kier alpha value is -2.63. The lowest BCUT2D eigenvalue weighted by molar-refractivity contribution is -0.385. The van der Waals surface area contributed by atoms with Crippen LogP contribution in [0.4, 0.5) is 5.69 Å². The Bertz CT molecular complexity index is 574. The number of methoxy groups -OCH3 is 1. The summed E-state index contributed by atoms with van der Waals surface area (Å²) in [5.41, 5.74) is 0.533. The number of hydrogen-bond donors (Lipinski definition) is 0. The number of nitro benzene ring substituents is 1. The van der Waals surface area contributed by atoms with Gasteiger partial charge in [0.15, 0.2) is 5.75 Å². The van der Waals surface area contributed by atoms with Crippen LogP contribution >= 0.6 is 0 Å². The lowest BCUT2D eigenvalue weighted by Gasteiger charge is -2.03. The topological polar surface area (TPSA) is 78.7 Å². The van der Waals surface area contributed by atoms with Crippen molar-refractivity contribution in [2.24, 2.45) is 0 Å². The highest BCUT2D eigenvalue weighted by molar-refractivity contribution is 5.87. The fourth-order valence-corrected chi connectivity index (χ4v) is 1.51. The van der Waals surface area contributed by atoms with E-state index >= 15 is 0 Å². The van der Waals surface area contributed by atoms with Crippen molar-refractivity contribution in [2.75, 3.05) is 7.11 Å². The Kier molecular flexibility index (Phi) is 3.09. The summed E-state index contributed by atoms with van der Waals surface area (Å²) in [5, 5.41) is 10.7. The number of esters is 1. The fourth-order valence-electron chi connectivity index (χ4n) is 1.51. The van der Waals surface area contributed by atoms with Crippen molar-refractivity contribution in [3.63, 3.8) is 0 Å². The lowest BCUT2D eigenvalue weighted by atomic mass is 10.1. The molecule has 0 saturated heterocycles. The van der Waals surface area contributed by atoms with Crippen LogP contribution in [0.5, 0.6) is 5.75 Å². The van der Waals surface area contributed by atoms with Crippen molar-refractivity contribution in [1.29, 1.82) is 0 Å². The summed E-state index contributed by atoms with van der Waals surface area (Å²) in [6.45, 7) is 0. The van der Waals surface area contributed by atoms with E-state index in [0.29, 0.717) is 11.3 Å². The lowest BCUT2D eigenvalue weighted by Crippen LogP contribution is -1.94. The van der Waals surface area contributed by atoms with E-state index in [9.17, 15) is 14.9 Å². The molecule has 0 fully saturated rings. The summed E-state index contributed by atoms with van der Waals surface area (Å²) < 4.78 is 9.79. The van der Waals surface area contributed by atoms with Crippen LogP contribution in [0.3, 0.4) is 0 Å². The van der Waals surface area contributed by atoms with Crippen molar-refractivity contribution in [3.8, 4) is 5.75 Å². The summed E-state index contributed by atoms with van der Waals surface area (Å²) >= 11 is 0. The molecule has 0 unspecified atom stereocenters. The molecule has 1 aromatic rings. The summed E-state index contributed by atoms with van der Waals surface area (Å²) in [6, 6.07) is 4.39. The highest BCUT2D eigenvalue weighted by Crippen LogP contribution is 2.28. The minimum absolute atomic E-state index is 0.112. The monoisotopic (exact) mass is 247 g/mol. The highest BCUT2D eigenvalue weighted by atomic mass is 16.6. The minimum Gasteiger partial charge on any atom is -0.490 e. The summed E-state index contributed by atoms with van der Waals surface area (Å²) in [5.74, 6) is 0.105. The number of carbonyl (C=O) groups is 1. The van der Waals surface area contributed by atoms with Crippen molar-refractivity contribution >= 4 is 17.7 Å². The number of cyclic esters (lactones) is 1. The maximum absolute atomic E-state index is 10.8. The molecule has 1 aliphatic heterocycles. The van der Waals surface area contributed by atoms with E-state index in [1.54, 1.807) is 12.1 Å². The van der Waals surface area contributed by atoms with Gasteiger partial charge in [0.05, 0.1) is 12.0 Å². The molecule has 1 heterocycles. The van der Waals surface area contributed by atoms with Gasteiger partial charge >= 0.3 is 11.7 Å². The summed E-state index contributed by atoms with van der Waals surface area (Å²) in [6.07, 6.45) is 4.42. The number of hydrogen-bond acceptors (Lipinski definition) is 5. The van der Waals surface area contributed by atoms with Gasteiger partial charge in [-0.05, 0) is 29.8 Å². The molecule has 6 nitrogen and oxygen atoms in total. The van der Waals surface area contributed by atoms with Crippen LogP contribution in [0.1, 0.15) is 5.56 Å². The zero-order chi connectivity index (χ0) is 13.1. The standard InChI is InChI=1S/C12H9NO5/c1-17-11-7-8(2-4-10(11)13(15)16)6-9-3-5-12(14)18-9/h2-7H,1H3/b9-6-. The van der Waals surface area contributed by atoms with E-state index in [4.69, 9.17) is 9.47 Å². The predicted molar refractivity (Wildman–Crippen MR) is 62.9 cm³/mol. The minimum atomic E-state index is -0.523. The van der Waals surface area contributed by atoms with E-state index in [2.05, 4.69) is 0 Å². The van der Waals surface area contributed by atoms with Crippen LogP contribution in [0, 0.1) is 10.1 Å². The van der Waals surface area contributed by atoms with Crippen LogP contribution in [0.25, 0.3) is 6.08 Å². The normalized spacial score (nSPS) is 15.8. The first-order valence-electron chi connectivity index (χ1n) is 5.04. The average Bonchev–Trinajstić information content (AvgIpc) is 2.74. The van der Waals surface area contributed by atoms with E-state index in [-0.39, 0.29) is 11.4 Å². The molecule has 0 spiro atoms. The smallest absolute Gasteiger partial charge is 0.336 e. The maximum Gasteiger partial charge on any atom is 0.336 e. The Morgan fingerprint density at radius 2 is 2.17 bits per heavy atom. The molecular formula is C12H9NO5. The molecule has 18 heavy (non-hydrogen) atoms. The number of rotatable bonds is 3. The van der Waals surface area contributed by atoms with Crippen LogP contribution < -0.4 is 4.74 Å². The van der Waals surface area contributed by atoms with Crippen molar-refractivity contribution in [1.82, 2.24) is 0 Å². The van der Waals surface area contributed by atoms with E-state index in [1.165, 1.54) is 31.4 Å². The molecule has 0 radical (unpaired) electrons. The number of benzene rings is 1. The van der Waals surface area contributed by atoms with Crippen LogP contribution in [-0.2, 0) is 9.53 Å². The van der Waals surface area contributed by atoms with Crippen LogP contribution in [0.2, 0.25) is 0 Å². The van der Waals surface area contributed by atoms with Gasteiger partial charge in [-0.15, -0.1) is 0 Å². The first-order chi connectivity index (χ1) is 8.60. The third-order valence-corrected chi connectivity index (χ3v) is 2.31. The molecule has 2 rings (SSSR count). The number of nitro groups is 1. The van der Waals surface area contributed by atoms with Gasteiger partial charge < -0.3 is 9.47 Å². The van der Waals surface area contributed by atoms with Crippen molar-refractivity contribution in [3.05, 3.63) is 51.8 Å². The molecule has 1 aromatic carbocycles. The summed E-state index contributed by atoms with van der Waals surface area (Å²) in [7, 11) is 1.36. The van der Waals surface area contributed by atoms with Crippen LogP contribution in [-0.4, -0.2) is 18.0 Å². The zero-order valence-corrected chi connectivity index (χ0v) is 9.45. The van der Waals surface area contributed by atoms with Gasteiger partial charge in [0, 0.05) is 12.1 Å². The first kappa shape index (κ1) is 11.8. The number of carbonyl (C=O) groups excluding carboxylic acids is 1. The maximum atomic E-state index is 10.8. The van der Waals surface area contributed by atoms with E-state index < -0.39 is 10.9 Å². The highest BCUT2D eigenvalue weighted by Gasteiger charge is 2.15. The third kappa shape index (κ3) is 2.37. The molecule has 0 bridgehead atoms. The quantitative estimate of drug-likeness (QED) is 0.464.